The normalized spacial score (nSPS) is 17.7. The Labute approximate surface area is 144 Å². The van der Waals surface area contributed by atoms with Crippen LogP contribution in [-0.2, 0) is 9.59 Å². The van der Waals surface area contributed by atoms with Gasteiger partial charge in [-0.05, 0) is 19.3 Å². The van der Waals surface area contributed by atoms with E-state index >= 15 is 0 Å². The fourth-order valence-corrected chi connectivity index (χ4v) is 3.46. The van der Waals surface area contributed by atoms with E-state index < -0.39 is 11.9 Å². The van der Waals surface area contributed by atoms with E-state index in [1.807, 2.05) is 30.3 Å². The average molecular weight is 345 g/mol. The molecule has 1 fully saturated rings. The fraction of sp³-hybridized carbons (Fsp3) is 0.375. The Morgan fingerprint density at radius 3 is 2.83 bits per heavy atom. The zero-order valence-electron chi connectivity index (χ0n) is 13.1. The number of hydrogen-bond donors (Lipinski definition) is 2. The number of benzene rings is 1. The lowest BCUT2D eigenvalue weighted by Gasteiger charge is -2.33. The van der Waals surface area contributed by atoms with E-state index in [2.05, 4.69) is 15.2 Å². The predicted octanol–water partition coefficient (Wildman–Crippen LogP) is 1.43. The molecule has 1 aromatic carbocycles. The number of amides is 2. The number of nitrogens with two attached hydrogens (primary N) is 1. The SMILES string of the molecule is NC(=O)[C@H]1CCCCN1C(=O)CSc1n[nH]c(-c2ccccc2)n1. The van der Waals surface area contributed by atoms with Gasteiger partial charge in [-0.2, -0.15) is 0 Å². The molecule has 2 heterocycles. The quantitative estimate of drug-likeness (QED) is 0.798. The molecule has 0 radical (unpaired) electrons. The van der Waals surface area contributed by atoms with Gasteiger partial charge in [-0.25, -0.2) is 4.98 Å². The Bertz CT molecular complexity index is 718. The van der Waals surface area contributed by atoms with Crippen molar-refractivity contribution in [3.63, 3.8) is 0 Å². The third kappa shape index (κ3) is 3.76. The molecular formula is C16H19N5O2S. The molecule has 3 rings (SSSR count). The highest BCUT2D eigenvalue weighted by Crippen LogP contribution is 2.22. The van der Waals surface area contributed by atoms with Crippen molar-refractivity contribution in [3.8, 4) is 11.4 Å². The van der Waals surface area contributed by atoms with Crippen molar-refractivity contribution >= 4 is 23.6 Å². The number of carbonyl (C=O) groups excluding carboxylic acids is 2. The molecule has 8 heteroatoms. The van der Waals surface area contributed by atoms with Crippen LogP contribution in [0, 0.1) is 0 Å². The first kappa shape index (κ1) is 16.5. The molecule has 0 saturated carbocycles. The Kier molecular flexibility index (Phi) is 5.14. The Hall–Kier alpha value is -2.35. The van der Waals surface area contributed by atoms with E-state index in [9.17, 15) is 9.59 Å². The summed E-state index contributed by atoms with van der Waals surface area (Å²) < 4.78 is 0. The van der Waals surface area contributed by atoms with Crippen LogP contribution in [-0.4, -0.2) is 50.2 Å². The second-order valence-electron chi connectivity index (χ2n) is 5.62. The topological polar surface area (TPSA) is 105 Å². The maximum atomic E-state index is 12.4. The third-order valence-electron chi connectivity index (χ3n) is 3.99. The standard InChI is InChI=1S/C16H19N5O2S/c17-14(23)12-8-4-5-9-21(12)13(22)10-24-16-18-15(19-20-16)11-6-2-1-3-7-11/h1-3,6-7,12H,4-5,8-10H2,(H2,17,23)(H,18,19,20)/t12-/m1/s1. The summed E-state index contributed by atoms with van der Waals surface area (Å²) in [6.45, 7) is 0.580. The summed E-state index contributed by atoms with van der Waals surface area (Å²) >= 11 is 1.25. The molecule has 24 heavy (non-hydrogen) atoms. The maximum absolute atomic E-state index is 12.4. The van der Waals surface area contributed by atoms with Crippen LogP contribution in [0.5, 0.6) is 0 Å². The molecule has 1 saturated heterocycles. The van der Waals surface area contributed by atoms with Crippen LogP contribution in [0.3, 0.4) is 0 Å². The summed E-state index contributed by atoms with van der Waals surface area (Å²) in [6.07, 6.45) is 2.47. The van der Waals surface area contributed by atoms with E-state index in [-0.39, 0.29) is 11.7 Å². The number of hydrogen-bond acceptors (Lipinski definition) is 5. The number of likely N-dealkylation sites (tertiary alicyclic amines) is 1. The van der Waals surface area contributed by atoms with Gasteiger partial charge in [-0.3, -0.25) is 14.7 Å². The van der Waals surface area contributed by atoms with Gasteiger partial charge in [0.05, 0.1) is 5.75 Å². The zero-order chi connectivity index (χ0) is 16.9. The van der Waals surface area contributed by atoms with Crippen molar-refractivity contribution in [3.05, 3.63) is 30.3 Å². The smallest absolute Gasteiger partial charge is 0.240 e. The molecule has 1 atom stereocenters. The molecule has 0 spiro atoms. The van der Waals surface area contributed by atoms with Gasteiger partial charge in [-0.1, -0.05) is 42.1 Å². The number of thioether (sulfide) groups is 1. The van der Waals surface area contributed by atoms with Gasteiger partial charge in [0, 0.05) is 12.1 Å². The van der Waals surface area contributed by atoms with E-state index in [4.69, 9.17) is 5.73 Å². The minimum Gasteiger partial charge on any atom is -0.368 e. The highest BCUT2D eigenvalue weighted by atomic mass is 32.2. The Balaban J connectivity index is 1.60. The van der Waals surface area contributed by atoms with Crippen LogP contribution in [0.1, 0.15) is 19.3 Å². The number of piperidine rings is 1. The van der Waals surface area contributed by atoms with Crippen LogP contribution >= 0.6 is 11.8 Å². The van der Waals surface area contributed by atoms with Crippen molar-refractivity contribution in [2.75, 3.05) is 12.3 Å². The second-order valence-corrected chi connectivity index (χ2v) is 6.56. The number of nitrogens with zero attached hydrogens (tertiary/aromatic N) is 3. The van der Waals surface area contributed by atoms with Gasteiger partial charge in [-0.15, -0.1) is 5.10 Å². The largest absolute Gasteiger partial charge is 0.368 e. The van der Waals surface area contributed by atoms with Crippen molar-refractivity contribution in [2.45, 2.75) is 30.5 Å². The minimum absolute atomic E-state index is 0.102. The number of rotatable bonds is 5. The third-order valence-corrected chi connectivity index (χ3v) is 4.82. The first-order valence-electron chi connectivity index (χ1n) is 7.84. The van der Waals surface area contributed by atoms with Crippen LogP contribution in [0.2, 0.25) is 0 Å². The number of aromatic amines is 1. The number of H-pyrrole nitrogens is 1. The molecule has 3 N–H and O–H groups in total. The lowest BCUT2D eigenvalue weighted by atomic mass is 10.0. The zero-order valence-corrected chi connectivity index (χ0v) is 14.0. The van der Waals surface area contributed by atoms with E-state index in [1.165, 1.54) is 11.8 Å². The summed E-state index contributed by atoms with van der Waals surface area (Å²) in [5.41, 5.74) is 6.34. The summed E-state index contributed by atoms with van der Waals surface area (Å²) in [4.78, 5) is 29.9. The number of primary amides is 1. The molecular weight excluding hydrogens is 326 g/mol. The molecule has 0 bridgehead atoms. The van der Waals surface area contributed by atoms with Crippen LogP contribution in [0.4, 0.5) is 0 Å². The summed E-state index contributed by atoms with van der Waals surface area (Å²) in [5.74, 6) is 0.320. The second kappa shape index (κ2) is 7.48. The highest BCUT2D eigenvalue weighted by molar-refractivity contribution is 7.99. The maximum Gasteiger partial charge on any atom is 0.240 e. The molecule has 126 valence electrons. The van der Waals surface area contributed by atoms with Gasteiger partial charge in [0.25, 0.3) is 0 Å². The predicted molar refractivity (Wildman–Crippen MR) is 91.1 cm³/mol. The molecule has 7 nitrogen and oxygen atoms in total. The molecule has 1 aromatic heterocycles. The van der Waals surface area contributed by atoms with Gasteiger partial charge in [0.15, 0.2) is 5.82 Å². The molecule has 0 aliphatic carbocycles. The van der Waals surface area contributed by atoms with Crippen molar-refractivity contribution in [1.29, 1.82) is 0 Å². The van der Waals surface area contributed by atoms with E-state index in [1.54, 1.807) is 4.90 Å². The first-order chi connectivity index (χ1) is 11.6. The monoisotopic (exact) mass is 345 g/mol. The lowest BCUT2D eigenvalue weighted by molar-refractivity contribution is -0.138. The fourth-order valence-electron chi connectivity index (χ4n) is 2.77. The van der Waals surface area contributed by atoms with E-state index in [0.29, 0.717) is 23.9 Å². The highest BCUT2D eigenvalue weighted by Gasteiger charge is 2.30. The minimum atomic E-state index is -0.487. The lowest BCUT2D eigenvalue weighted by Crippen LogP contribution is -2.51. The summed E-state index contributed by atoms with van der Waals surface area (Å²) in [6, 6.07) is 9.17. The van der Waals surface area contributed by atoms with Crippen molar-refractivity contribution < 1.29 is 9.59 Å². The van der Waals surface area contributed by atoms with Crippen molar-refractivity contribution in [1.82, 2.24) is 20.1 Å². The molecule has 1 aliphatic heterocycles. The number of nitrogens with one attached hydrogen (secondary N) is 1. The van der Waals surface area contributed by atoms with Crippen molar-refractivity contribution in [2.24, 2.45) is 5.73 Å². The molecule has 2 aromatic rings. The summed E-state index contributed by atoms with van der Waals surface area (Å²) in [5, 5.41) is 7.51. The average Bonchev–Trinajstić information content (AvgIpc) is 3.09. The first-order valence-corrected chi connectivity index (χ1v) is 8.83. The molecule has 2 amide bonds. The van der Waals surface area contributed by atoms with E-state index in [0.717, 1.165) is 18.4 Å². The van der Waals surface area contributed by atoms with Gasteiger partial charge >= 0.3 is 0 Å². The Morgan fingerprint density at radius 1 is 1.29 bits per heavy atom. The number of carbonyl (C=O) groups is 2. The number of aromatic nitrogens is 3. The van der Waals surface area contributed by atoms with Gasteiger partial charge < -0.3 is 10.6 Å². The van der Waals surface area contributed by atoms with Gasteiger partial charge in [0.2, 0.25) is 17.0 Å². The van der Waals surface area contributed by atoms with Gasteiger partial charge in [0.1, 0.15) is 6.04 Å². The summed E-state index contributed by atoms with van der Waals surface area (Å²) in [7, 11) is 0. The van der Waals surface area contributed by atoms with Crippen LogP contribution < -0.4 is 5.73 Å². The Morgan fingerprint density at radius 2 is 2.08 bits per heavy atom. The van der Waals surface area contributed by atoms with Crippen LogP contribution in [0.25, 0.3) is 11.4 Å². The molecule has 0 unspecified atom stereocenters. The molecule has 1 aliphatic rings. The van der Waals surface area contributed by atoms with Crippen LogP contribution in [0.15, 0.2) is 35.5 Å².